The van der Waals surface area contributed by atoms with Crippen LogP contribution in [0.2, 0.25) is 5.02 Å². The van der Waals surface area contributed by atoms with Crippen LogP contribution in [0.15, 0.2) is 41.4 Å². The summed E-state index contributed by atoms with van der Waals surface area (Å²) in [6.07, 6.45) is 4.58. The summed E-state index contributed by atoms with van der Waals surface area (Å²) in [5.41, 5.74) is 3.08. The minimum atomic E-state index is -0.182. The van der Waals surface area contributed by atoms with E-state index in [0.29, 0.717) is 38.5 Å². The second-order valence-corrected chi connectivity index (χ2v) is 8.73. The van der Waals surface area contributed by atoms with Gasteiger partial charge in [0.15, 0.2) is 11.5 Å². The van der Waals surface area contributed by atoms with Gasteiger partial charge < -0.3 is 19.5 Å². The molecule has 8 heteroatoms. The van der Waals surface area contributed by atoms with Crippen molar-refractivity contribution in [3.63, 3.8) is 0 Å². The molecule has 0 saturated carbocycles. The zero-order chi connectivity index (χ0) is 22.7. The number of rotatable bonds is 7. The molecule has 2 aromatic carbocycles. The fourth-order valence-electron chi connectivity index (χ4n) is 3.76. The number of fused-ring (bicyclic) bond motifs is 1. The van der Waals surface area contributed by atoms with Crippen molar-refractivity contribution in [1.29, 1.82) is 0 Å². The molecule has 0 unspecified atom stereocenters. The van der Waals surface area contributed by atoms with E-state index in [1.54, 1.807) is 69.2 Å². The Morgan fingerprint density at radius 1 is 1.06 bits per heavy atom. The molecule has 0 aliphatic heterocycles. The number of hydrogen-bond acceptors (Lipinski definition) is 6. The number of benzene rings is 2. The molecule has 0 spiro atoms. The lowest BCUT2D eigenvalue weighted by atomic mass is 10.1. The van der Waals surface area contributed by atoms with Gasteiger partial charge in [-0.05, 0) is 49.1 Å². The van der Waals surface area contributed by atoms with Crippen LogP contribution in [0.4, 0.5) is 10.7 Å². The number of aliphatic imine (C=N–C) groups is 1. The first-order chi connectivity index (χ1) is 15.5. The van der Waals surface area contributed by atoms with E-state index in [0.717, 1.165) is 30.4 Å². The molecule has 1 aliphatic carbocycles. The van der Waals surface area contributed by atoms with E-state index in [-0.39, 0.29) is 5.91 Å². The highest BCUT2D eigenvalue weighted by atomic mass is 35.5. The third-order valence-corrected chi connectivity index (χ3v) is 6.70. The van der Waals surface area contributed by atoms with Crippen molar-refractivity contribution in [3.8, 4) is 17.2 Å². The Balaban J connectivity index is 1.69. The van der Waals surface area contributed by atoms with E-state index in [1.807, 2.05) is 6.07 Å². The fourth-order valence-corrected chi connectivity index (χ4v) is 5.18. The monoisotopic (exact) mass is 470 g/mol. The van der Waals surface area contributed by atoms with Crippen LogP contribution in [-0.2, 0) is 12.8 Å². The van der Waals surface area contributed by atoms with Crippen LogP contribution in [-0.4, -0.2) is 33.5 Å². The smallest absolute Gasteiger partial charge is 0.259 e. The average molecular weight is 471 g/mol. The molecule has 0 atom stereocenters. The summed E-state index contributed by atoms with van der Waals surface area (Å²) in [6.45, 7) is 0. The van der Waals surface area contributed by atoms with E-state index < -0.39 is 0 Å². The number of anilines is 1. The molecule has 0 fully saturated rings. The van der Waals surface area contributed by atoms with Crippen molar-refractivity contribution in [1.82, 2.24) is 0 Å². The number of carbonyl (C=O) groups excluding carboxylic acids is 1. The Morgan fingerprint density at radius 2 is 1.81 bits per heavy atom. The number of methoxy groups -OCH3 is 3. The molecular formula is C24H23ClN2O4S. The lowest BCUT2D eigenvalue weighted by Gasteiger charge is -2.12. The van der Waals surface area contributed by atoms with Crippen molar-refractivity contribution in [2.75, 3.05) is 26.6 Å². The van der Waals surface area contributed by atoms with Crippen molar-refractivity contribution >= 4 is 45.7 Å². The van der Waals surface area contributed by atoms with Crippen molar-refractivity contribution in [3.05, 3.63) is 63.0 Å². The van der Waals surface area contributed by atoms with Crippen LogP contribution < -0.4 is 19.5 Å². The van der Waals surface area contributed by atoms with Gasteiger partial charge in [-0.15, -0.1) is 11.3 Å². The van der Waals surface area contributed by atoms with Crippen molar-refractivity contribution < 1.29 is 19.0 Å². The summed E-state index contributed by atoms with van der Waals surface area (Å²) in [6, 6.07) is 10.7. The maximum absolute atomic E-state index is 13.2. The second kappa shape index (κ2) is 9.63. The summed E-state index contributed by atoms with van der Waals surface area (Å²) in [7, 11) is 4.73. The predicted octanol–water partition coefficient (Wildman–Crippen LogP) is 5.92. The number of hydrogen-bond donors (Lipinski definition) is 1. The second-order valence-electron chi connectivity index (χ2n) is 7.21. The molecule has 1 amide bonds. The third-order valence-electron chi connectivity index (χ3n) is 5.27. The molecule has 1 heterocycles. The molecule has 3 aromatic rings. The number of halogens is 1. The number of carbonyl (C=O) groups is 1. The molecule has 0 saturated heterocycles. The first-order valence-electron chi connectivity index (χ1n) is 10.1. The summed E-state index contributed by atoms with van der Waals surface area (Å²) in [5.74, 6) is 1.55. The van der Waals surface area contributed by atoms with Gasteiger partial charge in [-0.3, -0.25) is 4.79 Å². The summed E-state index contributed by atoms with van der Waals surface area (Å²) in [4.78, 5) is 19.1. The number of amides is 1. The molecule has 0 bridgehead atoms. The van der Waals surface area contributed by atoms with Gasteiger partial charge >= 0.3 is 0 Å². The largest absolute Gasteiger partial charge is 0.496 e. The minimum absolute atomic E-state index is 0.182. The summed E-state index contributed by atoms with van der Waals surface area (Å²) in [5, 5.41) is 4.20. The van der Waals surface area contributed by atoms with Crippen molar-refractivity contribution in [2.45, 2.75) is 19.3 Å². The predicted molar refractivity (Wildman–Crippen MR) is 129 cm³/mol. The lowest BCUT2D eigenvalue weighted by Crippen LogP contribution is -2.13. The van der Waals surface area contributed by atoms with Crippen molar-refractivity contribution in [2.24, 2.45) is 4.99 Å². The van der Waals surface area contributed by atoms with E-state index in [4.69, 9.17) is 25.8 Å². The molecular weight excluding hydrogens is 448 g/mol. The molecule has 1 N–H and O–H groups in total. The van der Waals surface area contributed by atoms with Crippen LogP contribution in [0.25, 0.3) is 0 Å². The zero-order valence-electron chi connectivity index (χ0n) is 18.0. The topological polar surface area (TPSA) is 69.1 Å². The molecule has 1 aliphatic rings. The number of nitrogens with zero attached hydrogens (tertiary/aromatic N) is 1. The first-order valence-corrected chi connectivity index (χ1v) is 11.3. The highest BCUT2D eigenvalue weighted by Crippen LogP contribution is 2.41. The summed E-state index contributed by atoms with van der Waals surface area (Å²) < 4.78 is 16.2. The van der Waals surface area contributed by atoms with E-state index in [9.17, 15) is 4.79 Å². The molecule has 1 aromatic heterocycles. The van der Waals surface area contributed by atoms with Crippen LogP contribution >= 0.6 is 22.9 Å². The van der Waals surface area contributed by atoms with Gasteiger partial charge in [-0.25, -0.2) is 4.99 Å². The Hall–Kier alpha value is -3.03. The van der Waals surface area contributed by atoms with Gasteiger partial charge in [0.25, 0.3) is 5.91 Å². The average Bonchev–Trinajstić information content (AvgIpc) is 3.37. The van der Waals surface area contributed by atoms with Gasteiger partial charge in [0.1, 0.15) is 10.8 Å². The number of aryl methyl sites for hydroxylation is 1. The van der Waals surface area contributed by atoms with Gasteiger partial charge in [0.05, 0.1) is 26.9 Å². The first kappa shape index (κ1) is 22.2. The van der Waals surface area contributed by atoms with E-state index in [1.165, 1.54) is 4.88 Å². The maximum atomic E-state index is 13.2. The van der Waals surface area contributed by atoms with Crippen LogP contribution in [0, 0.1) is 0 Å². The Kier molecular flexibility index (Phi) is 6.67. The lowest BCUT2D eigenvalue weighted by molar-refractivity contribution is 0.102. The van der Waals surface area contributed by atoms with E-state index in [2.05, 4.69) is 10.3 Å². The summed E-state index contributed by atoms with van der Waals surface area (Å²) >= 11 is 7.63. The fraction of sp³-hybridized carbons (Fsp3) is 0.250. The van der Waals surface area contributed by atoms with Gasteiger partial charge in [0, 0.05) is 33.4 Å². The van der Waals surface area contributed by atoms with Gasteiger partial charge in [-0.2, -0.15) is 0 Å². The van der Waals surface area contributed by atoms with E-state index >= 15 is 0 Å². The van der Waals surface area contributed by atoms with Gasteiger partial charge in [0.2, 0.25) is 0 Å². The van der Waals surface area contributed by atoms with Crippen LogP contribution in [0.1, 0.15) is 32.8 Å². The van der Waals surface area contributed by atoms with Crippen LogP contribution in [0.5, 0.6) is 17.2 Å². The molecule has 4 rings (SSSR count). The Labute approximate surface area is 195 Å². The highest BCUT2D eigenvalue weighted by Gasteiger charge is 2.26. The zero-order valence-corrected chi connectivity index (χ0v) is 19.6. The Bertz CT molecular complexity index is 1190. The third kappa shape index (κ3) is 4.45. The molecule has 6 nitrogen and oxygen atoms in total. The SMILES string of the molecule is COc1cc(OC)c(OC)cc1C=Nc1sc2c(c1C(=O)Nc1cccc(Cl)c1)CCC2. The Morgan fingerprint density at radius 3 is 2.53 bits per heavy atom. The normalized spacial score (nSPS) is 12.6. The number of nitrogens with one attached hydrogen (secondary N) is 1. The quantitative estimate of drug-likeness (QED) is 0.435. The number of thiophene rings is 1. The molecule has 166 valence electrons. The maximum Gasteiger partial charge on any atom is 0.259 e. The standard InChI is InChI=1S/C24H23ClN2O4S/c1-29-18-12-20(31-3)19(30-2)10-14(18)13-26-24-22(17-8-5-9-21(17)32-24)23(28)27-16-7-4-6-15(25)11-16/h4,6-7,10-13H,5,8-9H2,1-3H3,(H,27,28). The minimum Gasteiger partial charge on any atom is -0.496 e. The van der Waals surface area contributed by atoms with Crippen LogP contribution in [0.3, 0.4) is 0 Å². The molecule has 32 heavy (non-hydrogen) atoms. The molecule has 0 radical (unpaired) electrons. The highest BCUT2D eigenvalue weighted by molar-refractivity contribution is 7.16. The van der Waals surface area contributed by atoms with Gasteiger partial charge in [-0.1, -0.05) is 17.7 Å². The number of ether oxygens (including phenoxy) is 3.